The Labute approximate surface area is 107 Å². The Morgan fingerprint density at radius 3 is 2.65 bits per heavy atom. The van der Waals surface area contributed by atoms with Crippen molar-refractivity contribution in [1.82, 2.24) is 5.06 Å². The van der Waals surface area contributed by atoms with Gasteiger partial charge < -0.3 is 9.94 Å². The molecule has 1 aromatic rings. The molecule has 0 saturated carbocycles. The Balaban J connectivity index is 0.00000144. The van der Waals surface area contributed by atoms with Crippen LogP contribution in [0, 0.1) is 0 Å². The zero-order chi connectivity index (χ0) is 11.4. The van der Waals surface area contributed by atoms with Gasteiger partial charge in [-0.3, -0.25) is 4.79 Å². The molecule has 0 aromatic heterocycles. The summed E-state index contributed by atoms with van der Waals surface area (Å²) in [4.78, 5) is 16.6. The van der Waals surface area contributed by atoms with Crippen molar-refractivity contribution < 1.29 is 14.7 Å². The zero-order valence-electron chi connectivity index (χ0n) is 9.41. The molecule has 5 heteroatoms. The van der Waals surface area contributed by atoms with Crippen molar-refractivity contribution in [2.45, 2.75) is 25.3 Å². The van der Waals surface area contributed by atoms with E-state index in [1.165, 1.54) is 0 Å². The first-order chi connectivity index (χ1) is 7.77. The van der Waals surface area contributed by atoms with Gasteiger partial charge in [-0.25, -0.2) is 0 Å². The van der Waals surface area contributed by atoms with Gasteiger partial charge in [-0.05, 0) is 31.4 Å². The summed E-state index contributed by atoms with van der Waals surface area (Å²) in [5.41, 5.74) is 0. The van der Waals surface area contributed by atoms with Crippen molar-refractivity contribution in [2.75, 3.05) is 6.54 Å². The van der Waals surface area contributed by atoms with Gasteiger partial charge in [-0.1, -0.05) is 18.2 Å². The van der Waals surface area contributed by atoms with Gasteiger partial charge in [0.15, 0.2) is 0 Å². The van der Waals surface area contributed by atoms with Crippen molar-refractivity contribution in [3.63, 3.8) is 0 Å². The number of hydroxylamine groups is 2. The highest BCUT2D eigenvalue weighted by Crippen LogP contribution is 2.20. The second-order valence-corrected chi connectivity index (χ2v) is 3.89. The van der Waals surface area contributed by atoms with Crippen LogP contribution in [0.3, 0.4) is 0 Å². The van der Waals surface area contributed by atoms with E-state index in [1.807, 2.05) is 30.3 Å². The molecule has 1 atom stereocenters. The number of carbonyl (C=O) groups is 1. The van der Waals surface area contributed by atoms with Gasteiger partial charge in [0, 0.05) is 6.54 Å². The number of hydrogen-bond acceptors (Lipinski definition) is 3. The molecule has 1 saturated heterocycles. The van der Waals surface area contributed by atoms with E-state index in [4.69, 9.17) is 9.94 Å². The third kappa shape index (κ3) is 3.61. The summed E-state index contributed by atoms with van der Waals surface area (Å²) in [5, 5.41) is 10.6. The van der Waals surface area contributed by atoms with E-state index in [9.17, 15) is 4.79 Å². The van der Waals surface area contributed by atoms with Crippen LogP contribution >= 0.6 is 12.4 Å². The molecule has 0 aliphatic carbocycles. The molecule has 17 heavy (non-hydrogen) atoms. The summed E-state index contributed by atoms with van der Waals surface area (Å²) in [6.45, 7) is 0.672. The van der Waals surface area contributed by atoms with Crippen molar-refractivity contribution in [3.05, 3.63) is 30.3 Å². The first-order valence-electron chi connectivity index (χ1n) is 5.50. The normalized spacial score (nSPS) is 20.4. The fraction of sp³-hybridized carbons (Fsp3) is 0.417. The highest BCUT2D eigenvalue weighted by Gasteiger charge is 2.30. The largest absolute Gasteiger partial charge is 0.480 e. The molecule has 1 heterocycles. The predicted octanol–water partition coefficient (Wildman–Crippen LogP) is 2.34. The predicted molar refractivity (Wildman–Crippen MR) is 66.3 cm³/mol. The molecular formula is C12H16ClNO3. The Hall–Kier alpha value is -1.26. The molecule has 1 N–H and O–H groups in total. The molecule has 0 amide bonds. The van der Waals surface area contributed by atoms with Crippen molar-refractivity contribution in [1.29, 1.82) is 0 Å². The van der Waals surface area contributed by atoms with Crippen LogP contribution in [-0.4, -0.2) is 28.7 Å². The third-order valence-corrected chi connectivity index (χ3v) is 2.70. The smallest absolute Gasteiger partial charge is 0.324 e. The first-order valence-corrected chi connectivity index (χ1v) is 5.50. The molecule has 0 bridgehead atoms. The minimum atomic E-state index is -0.810. The summed E-state index contributed by atoms with van der Waals surface area (Å²) in [6.07, 6.45) is 2.59. The van der Waals surface area contributed by atoms with E-state index in [0.29, 0.717) is 18.7 Å². The second-order valence-electron chi connectivity index (χ2n) is 3.89. The maximum absolute atomic E-state index is 11.0. The minimum Gasteiger partial charge on any atom is -0.480 e. The first kappa shape index (κ1) is 13.8. The fourth-order valence-corrected chi connectivity index (χ4v) is 1.88. The topological polar surface area (TPSA) is 49.8 Å². The van der Waals surface area contributed by atoms with Crippen LogP contribution in [0.15, 0.2) is 30.3 Å². The molecule has 1 aromatic carbocycles. The van der Waals surface area contributed by atoms with E-state index in [1.54, 1.807) is 5.06 Å². The van der Waals surface area contributed by atoms with Crippen LogP contribution in [0.1, 0.15) is 19.3 Å². The highest BCUT2D eigenvalue weighted by atomic mass is 35.5. The lowest BCUT2D eigenvalue weighted by Crippen LogP contribution is -2.46. The molecule has 0 spiro atoms. The molecule has 0 radical (unpaired) electrons. The van der Waals surface area contributed by atoms with E-state index in [-0.39, 0.29) is 12.4 Å². The van der Waals surface area contributed by atoms with Crippen molar-refractivity contribution >= 4 is 18.4 Å². The van der Waals surface area contributed by atoms with Crippen molar-refractivity contribution in [2.24, 2.45) is 0 Å². The number of halogens is 1. The number of hydrogen-bond donors (Lipinski definition) is 1. The number of aliphatic carboxylic acids is 1. The van der Waals surface area contributed by atoms with Crippen LogP contribution in [0.25, 0.3) is 0 Å². The van der Waals surface area contributed by atoms with E-state index in [0.717, 1.165) is 12.8 Å². The highest BCUT2D eigenvalue weighted by molar-refractivity contribution is 5.85. The molecule has 1 fully saturated rings. The number of carboxylic acid groups (broad SMARTS) is 1. The molecule has 4 nitrogen and oxygen atoms in total. The molecule has 94 valence electrons. The number of piperidine rings is 1. The van der Waals surface area contributed by atoms with Crippen LogP contribution in [0.2, 0.25) is 0 Å². The van der Waals surface area contributed by atoms with Gasteiger partial charge in [0.1, 0.15) is 11.8 Å². The summed E-state index contributed by atoms with van der Waals surface area (Å²) >= 11 is 0. The van der Waals surface area contributed by atoms with Crippen LogP contribution < -0.4 is 4.84 Å². The molecular weight excluding hydrogens is 242 g/mol. The van der Waals surface area contributed by atoms with Gasteiger partial charge in [0.2, 0.25) is 0 Å². The number of nitrogens with zero attached hydrogens (tertiary/aromatic N) is 1. The fourth-order valence-electron chi connectivity index (χ4n) is 1.88. The monoisotopic (exact) mass is 257 g/mol. The average molecular weight is 258 g/mol. The van der Waals surface area contributed by atoms with E-state index in [2.05, 4.69) is 0 Å². The van der Waals surface area contributed by atoms with Gasteiger partial charge in [-0.2, -0.15) is 0 Å². The van der Waals surface area contributed by atoms with Gasteiger partial charge in [-0.15, -0.1) is 17.5 Å². The lowest BCUT2D eigenvalue weighted by atomic mass is 10.1. The quantitative estimate of drug-likeness (QED) is 0.903. The number of para-hydroxylation sites is 1. The van der Waals surface area contributed by atoms with Gasteiger partial charge in [0.25, 0.3) is 0 Å². The summed E-state index contributed by atoms with van der Waals surface area (Å²) in [6, 6.07) is 8.78. The maximum Gasteiger partial charge on any atom is 0.324 e. The summed E-state index contributed by atoms with van der Waals surface area (Å²) < 4.78 is 0. The number of carboxylic acids is 1. The molecule has 1 aliphatic heterocycles. The van der Waals surface area contributed by atoms with Crippen LogP contribution in [0.4, 0.5) is 0 Å². The van der Waals surface area contributed by atoms with Crippen LogP contribution in [-0.2, 0) is 4.79 Å². The van der Waals surface area contributed by atoms with Crippen molar-refractivity contribution in [3.8, 4) is 5.75 Å². The molecule has 0 unspecified atom stereocenters. The number of benzene rings is 1. The lowest BCUT2D eigenvalue weighted by molar-refractivity contribution is -0.166. The number of rotatable bonds is 3. The Kier molecular flexibility index (Phi) is 5.25. The van der Waals surface area contributed by atoms with Crippen LogP contribution in [0.5, 0.6) is 5.75 Å². The maximum atomic E-state index is 11.0. The lowest BCUT2D eigenvalue weighted by Gasteiger charge is -2.31. The Morgan fingerprint density at radius 2 is 2.00 bits per heavy atom. The standard InChI is InChI=1S/C12H15NO3.ClH/c14-12(15)11-8-4-5-9-13(11)16-10-6-2-1-3-7-10;/h1-3,6-7,11H,4-5,8-9H2,(H,14,15);1H/t11-;/m0./s1. The summed E-state index contributed by atoms with van der Waals surface area (Å²) in [7, 11) is 0. The minimum absolute atomic E-state index is 0. The average Bonchev–Trinajstić information content (AvgIpc) is 2.31. The molecule has 2 rings (SSSR count). The Morgan fingerprint density at radius 1 is 1.29 bits per heavy atom. The Bertz CT molecular complexity index is 358. The van der Waals surface area contributed by atoms with E-state index >= 15 is 0 Å². The third-order valence-electron chi connectivity index (χ3n) is 2.70. The SMILES string of the molecule is Cl.O=C(O)[C@@H]1CCCCN1Oc1ccccc1. The van der Waals surface area contributed by atoms with Gasteiger partial charge in [0.05, 0.1) is 0 Å². The van der Waals surface area contributed by atoms with Gasteiger partial charge >= 0.3 is 5.97 Å². The zero-order valence-corrected chi connectivity index (χ0v) is 10.2. The second kappa shape index (κ2) is 6.47. The van der Waals surface area contributed by atoms with E-state index < -0.39 is 12.0 Å². The molecule has 1 aliphatic rings. The summed E-state index contributed by atoms with van der Waals surface area (Å²) in [5.74, 6) is -0.119.